The van der Waals surface area contributed by atoms with Crippen LogP contribution in [0.2, 0.25) is 0 Å². The van der Waals surface area contributed by atoms with E-state index >= 15 is 0 Å². The molecule has 0 aliphatic heterocycles. The summed E-state index contributed by atoms with van der Waals surface area (Å²) in [4.78, 5) is 0.0896. The highest BCUT2D eigenvalue weighted by atomic mass is 32.2. The van der Waals surface area contributed by atoms with Gasteiger partial charge in [-0.05, 0) is 42.3 Å². The first kappa shape index (κ1) is 16.7. The fourth-order valence-electron chi connectivity index (χ4n) is 2.49. The van der Waals surface area contributed by atoms with Crippen molar-refractivity contribution < 1.29 is 8.42 Å². The molecule has 0 aliphatic rings. The molecule has 0 heterocycles. The Morgan fingerprint density at radius 2 is 1.36 bits per heavy atom. The summed E-state index contributed by atoms with van der Waals surface area (Å²) < 4.78 is 26.2. The van der Waals surface area contributed by atoms with Crippen molar-refractivity contribution in [3.8, 4) is 17.3 Å². The maximum absolute atomic E-state index is 12.7. The average molecular weight is 348 g/mol. The van der Waals surface area contributed by atoms with Crippen LogP contribution in [-0.2, 0) is 10.0 Å². The van der Waals surface area contributed by atoms with Gasteiger partial charge in [0.25, 0.3) is 10.0 Å². The highest BCUT2D eigenvalue weighted by Gasteiger charge is 2.25. The van der Waals surface area contributed by atoms with Gasteiger partial charge < -0.3 is 0 Å². The van der Waals surface area contributed by atoms with Crippen LogP contribution in [0.15, 0.2) is 83.8 Å². The maximum Gasteiger partial charge on any atom is 0.276 e. The first-order valence-corrected chi connectivity index (χ1v) is 9.13. The summed E-state index contributed by atoms with van der Waals surface area (Å²) in [5.41, 5.74) is 3.24. The SMILES string of the molecule is Cc1ccc(S(=O)(=O)N(C#N)c2ccc(-c3ccccc3)cc2)cc1. The molecule has 25 heavy (non-hydrogen) atoms. The molecule has 0 saturated heterocycles. The van der Waals surface area contributed by atoms with Crippen LogP contribution in [0.5, 0.6) is 0 Å². The first-order valence-electron chi connectivity index (χ1n) is 7.69. The molecule has 0 unspecified atom stereocenters. The van der Waals surface area contributed by atoms with Gasteiger partial charge in [-0.2, -0.15) is 18.0 Å². The lowest BCUT2D eigenvalue weighted by Crippen LogP contribution is -2.25. The molecule has 3 rings (SSSR count). The average Bonchev–Trinajstić information content (AvgIpc) is 2.64. The Morgan fingerprint density at radius 1 is 0.800 bits per heavy atom. The lowest BCUT2D eigenvalue weighted by molar-refractivity contribution is 0.596. The largest absolute Gasteiger partial charge is 0.276 e. The van der Waals surface area contributed by atoms with Gasteiger partial charge in [0, 0.05) is 0 Å². The number of hydrogen-bond donors (Lipinski definition) is 0. The van der Waals surface area contributed by atoms with Crippen LogP contribution in [0.1, 0.15) is 5.56 Å². The van der Waals surface area contributed by atoms with Crippen LogP contribution in [0.4, 0.5) is 5.69 Å². The summed E-state index contributed by atoms with van der Waals surface area (Å²) in [6.45, 7) is 1.88. The third kappa shape index (κ3) is 3.39. The van der Waals surface area contributed by atoms with Gasteiger partial charge >= 0.3 is 0 Å². The molecule has 124 valence electrons. The van der Waals surface area contributed by atoms with Crippen LogP contribution in [0.25, 0.3) is 11.1 Å². The number of sulfonamides is 1. The van der Waals surface area contributed by atoms with Gasteiger partial charge in [0.1, 0.15) is 0 Å². The Hall–Kier alpha value is -3.10. The van der Waals surface area contributed by atoms with E-state index < -0.39 is 10.0 Å². The fraction of sp³-hybridized carbons (Fsp3) is 0.0500. The molecular weight excluding hydrogens is 332 g/mol. The monoisotopic (exact) mass is 348 g/mol. The zero-order chi connectivity index (χ0) is 17.9. The van der Waals surface area contributed by atoms with Gasteiger partial charge in [0.2, 0.25) is 0 Å². The molecule has 0 spiro atoms. The van der Waals surface area contributed by atoms with Crippen molar-refractivity contribution in [1.82, 2.24) is 0 Å². The van der Waals surface area contributed by atoms with Crippen molar-refractivity contribution >= 4 is 15.7 Å². The lowest BCUT2D eigenvalue weighted by Gasteiger charge is -2.16. The summed E-state index contributed by atoms with van der Waals surface area (Å²) in [7, 11) is -3.93. The number of benzene rings is 3. The number of aryl methyl sites for hydroxylation is 1. The minimum Gasteiger partial charge on any atom is -0.200 e. The minimum absolute atomic E-state index is 0.0896. The van der Waals surface area contributed by atoms with E-state index in [-0.39, 0.29) is 4.90 Å². The number of nitrogens with zero attached hydrogens (tertiary/aromatic N) is 2. The van der Waals surface area contributed by atoms with E-state index in [0.29, 0.717) is 5.69 Å². The topological polar surface area (TPSA) is 61.2 Å². The molecule has 0 aliphatic carbocycles. The molecule has 4 nitrogen and oxygen atoms in total. The molecule has 0 saturated carbocycles. The zero-order valence-corrected chi connectivity index (χ0v) is 14.4. The maximum atomic E-state index is 12.7. The van der Waals surface area contributed by atoms with Gasteiger partial charge in [0.05, 0.1) is 10.6 Å². The van der Waals surface area contributed by atoms with Crippen LogP contribution >= 0.6 is 0 Å². The number of nitriles is 1. The molecule has 0 aromatic heterocycles. The molecule has 3 aromatic carbocycles. The molecule has 5 heteroatoms. The van der Waals surface area contributed by atoms with Crippen molar-refractivity contribution in [2.45, 2.75) is 11.8 Å². The van der Waals surface area contributed by atoms with E-state index in [4.69, 9.17) is 0 Å². The Kier molecular flexibility index (Phi) is 4.55. The molecule has 0 bridgehead atoms. The van der Waals surface area contributed by atoms with E-state index in [0.717, 1.165) is 21.0 Å². The molecule has 0 radical (unpaired) electrons. The molecular formula is C20H16N2O2S. The van der Waals surface area contributed by atoms with E-state index in [2.05, 4.69) is 0 Å². The zero-order valence-electron chi connectivity index (χ0n) is 13.6. The summed E-state index contributed by atoms with van der Waals surface area (Å²) in [6, 6.07) is 23.1. The smallest absolute Gasteiger partial charge is 0.200 e. The molecule has 0 N–H and O–H groups in total. The van der Waals surface area contributed by atoms with E-state index in [1.54, 1.807) is 42.6 Å². The lowest BCUT2D eigenvalue weighted by atomic mass is 10.1. The first-order chi connectivity index (χ1) is 12.0. The number of hydrogen-bond acceptors (Lipinski definition) is 3. The third-order valence-corrected chi connectivity index (χ3v) is 5.50. The van der Waals surface area contributed by atoms with Gasteiger partial charge in [0.15, 0.2) is 6.19 Å². The Morgan fingerprint density at radius 3 is 1.92 bits per heavy atom. The van der Waals surface area contributed by atoms with Crippen molar-refractivity contribution in [3.63, 3.8) is 0 Å². The Bertz CT molecular complexity index is 1000. The highest BCUT2D eigenvalue weighted by molar-refractivity contribution is 7.93. The second kappa shape index (κ2) is 6.80. The van der Waals surface area contributed by atoms with Crippen LogP contribution in [0, 0.1) is 18.4 Å². The third-order valence-electron chi connectivity index (χ3n) is 3.86. The minimum atomic E-state index is -3.93. The van der Waals surface area contributed by atoms with Gasteiger partial charge in [-0.3, -0.25) is 0 Å². The van der Waals surface area contributed by atoms with Crippen molar-refractivity contribution in [2.24, 2.45) is 0 Å². The summed E-state index contributed by atoms with van der Waals surface area (Å²) in [5, 5.41) is 9.41. The van der Waals surface area contributed by atoms with E-state index in [1.807, 2.05) is 37.3 Å². The predicted octanol–water partition coefficient (Wildman–Crippen LogP) is 4.34. The molecule has 3 aromatic rings. The fourth-order valence-corrected chi connectivity index (χ4v) is 3.68. The quantitative estimate of drug-likeness (QED) is 0.520. The number of rotatable bonds is 4. The second-order valence-corrected chi connectivity index (χ2v) is 7.38. The van der Waals surface area contributed by atoms with Crippen LogP contribution in [-0.4, -0.2) is 8.42 Å². The van der Waals surface area contributed by atoms with Gasteiger partial charge in [-0.25, -0.2) is 0 Å². The summed E-state index contributed by atoms with van der Waals surface area (Å²) >= 11 is 0. The van der Waals surface area contributed by atoms with Crippen molar-refractivity contribution in [1.29, 1.82) is 5.26 Å². The Labute approximate surface area is 147 Å². The van der Waals surface area contributed by atoms with E-state index in [1.165, 1.54) is 12.1 Å². The van der Waals surface area contributed by atoms with Crippen molar-refractivity contribution in [2.75, 3.05) is 4.31 Å². The van der Waals surface area contributed by atoms with Crippen molar-refractivity contribution in [3.05, 3.63) is 84.4 Å². The normalized spacial score (nSPS) is 10.9. The molecule has 0 amide bonds. The summed E-state index contributed by atoms with van der Waals surface area (Å²) in [6.07, 6.45) is 1.78. The molecule has 0 fully saturated rings. The van der Waals surface area contributed by atoms with Gasteiger partial charge in [-0.1, -0.05) is 60.2 Å². The summed E-state index contributed by atoms with van der Waals surface area (Å²) in [5.74, 6) is 0. The van der Waals surface area contributed by atoms with E-state index in [9.17, 15) is 13.7 Å². The predicted molar refractivity (Wildman–Crippen MR) is 98.3 cm³/mol. The highest BCUT2D eigenvalue weighted by Crippen LogP contribution is 2.26. The van der Waals surface area contributed by atoms with Crippen LogP contribution < -0.4 is 4.31 Å². The standard InChI is InChI=1S/C20H16N2O2S/c1-16-7-13-20(14-8-16)25(23,24)22(15-21)19-11-9-18(10-12-19)17-5-3-2-4-6-17/h2-14H,1H3. The number of anilines is 1. The van der Waals surface area contributed by atoms with Crippen LogP contribution in [0.3, 0.4) is 0 Å². The van der Waals surface area contributed by atoms with Gasteiger partial charge in [-0.15, -0.1) is 0 Å². The Balaban J connectivity index is 1.96. The second-order valence-electron chi connectivity index (χ2n) is 5.60. The molecule has 0 atom stereocenters.